The van der Waals surface area contributed by atoms with Crippen molar-refractivity contribution in [2.75, 3.05) is 6.61 Å². The molecular weight excluding hydrogens is 228 g/mol. The van der Waals surface area contributed by atoms with Gasteiger partial charge in [0.05, 0.1) is 6.61 Å². The Bertz CT molecular complexity index is 467. The number of hydrogen-bond donors (Lipinski definition) is 0. The summed E-state index contributed by atoms with van der Waals surface area (Å²) in [6, 6.07) is 5.54. The summed E-state index contributed by atoms with van der Waals surface area (Å²) in [5, 5.41) is 0. The molecule has 0 N–H and O–H groups in total. The Morgan fingerprint density at radius 1 is 1.22 bits per heavy atom. The highest BCUT2D eigenvalue weighted by Crippen LogP contribution is 2.24. The Hall–Kier alpha value is -1.64. The van der Waals surface area contributed by atoms with Crippen molar-refractivity contribution in [2.45, 2.75) is 40.0 Å². The topological polar surface area (TPSA) is 43.4 Å². The molecule has 0 heterocycles. The lowest BCUT2D eigenvalue weighted by molar-refractivity contribution is -0.137. The van der Waals surface area contributed by atoms with E-state index in [1.807, 2.05) is 19.1 Å². The van der Waals surface area contributed by atoms with Gasteiger partial charge in [0.25, 0.3) is 5.78 Å². The first-order valence-corrected chi connectivity index (χ1v) is 6.10. The number of aryl methyl sites for hydroxylation is 1. The van der Waals surface area contributed by atoms with E-state index in [1.165, 1.54) is 0 Å². The molecule has 0 radical (unpaired) electrons. The second-order valence-corrected chi connectivity index (χ2v) is 5.33. The van der Waals surface area contributed by atoms with Gasteiger partial charge in [0.15, 0.2) is 0 Å². The maximum Gasteiger partial charge on any atom is 0.379 e. The second-order valence-electron chi connectivity index (χ2n) is 5.33. The average molecular weight is 248 g/mol. The molecule has 0 bridgehead atoms. The molecule has 1 aromatic carbocycles. The number of benzene rings is 1. The fourth-order valence-corrected chi connectivity index (χ4v) is 1.69. The lowest BCUT2D eigenvalue weighted by Crippen LogP contribution is -2.19. The molecule has 18 heavy (non-hydrogen) atoms. The third-order valence-corrected chi connectivity index (χ3v) is 2.80. The Balaban J connectivity index is 3.07. The summed E-state index contributed by atoms with van der Waals surface area (Å²) in [4.78, 5) is 23.2. The van der Waals surface area contributed by atoms with Crippen molar-refractivity contribution in [3.63, 3.8) is 0 Å². The Morgan fingerprint density at radius 2 is 1.83 bits per heavy atom. The predicted octanol–water partition coefficient (Wildman–Crippen LogP) is 3.04. The SMILES string of the molecule is CCOC(=O)C(=O)c1ccc(C(C)(C)C)cc1C. The summed E-state index contributed by atoms with van der Waals surface area (Å²) in [5.41, 5.74) is 2.39. The smallest absolute Gasteiger partial charge is 0.379 e. The number of carbonyl (C=O) groups is 2. The highest BCUT2D eigenvalue weighted by molar-refractivity contribution is 6.41. The van der Waals surface area contributed by atoms with E-state index >= 15 is 0 Å². The van der Waals surface area contributed by atoms with Crippen LogP contribution in [0.15, 0.2) is 18.2 Å². The standard InChI is InChI=1S/C15H20O3/c1-6-18-14(17)13(16)12-8-7-11(9-10(12)2)15(3,4)5/h7-9H,6H2,1-5H3. The number of ketones is 1. The van der Waals surface area contributed by atoms with Crippen LogP contribution < -0.4 is 0 Å². The fraction of sp³-hybridized carbons (Fsp3) is 0.467. The number of ether oxygens (including phenoxy) is 1. The summed E-state index contributed by atoms with van der Waals surface area (Å²) >= 11 is 0. The Kier molecular flexibility index (Phi) is 4.28. The van der Waals surface area contributed by atoms with Crippen molar-refractivity contribution in [3.05, 3.63) is 34.9 Å². The molecule has 0 saturated heterocycles. The van der Waals surface area contributed by atoms with E-state index in [0.29, 0.717) is 5.56 Å². The maximum atomic E-state index is 11.8. The molecule has 0 aliphatic carbocycles. The van der Waals surface area contributed by atoms with Crippen LogP contribution in [-0.2, 0) is 14.9 Å². The molecule has 0 aliphatic heterocycles. The van der Waals surface area contributed by atoms with Crippen LogP contribution in [0.5, 0.6) is 0 Å². The highest BCUT2D eigenvalue weighted by Gasteiger charge is 2.21. The molecule has 0 aliphatic rings. The summed E-state index contributed by atoms with van der Waals surface area (Å²) in [7, 11) is 0. The van der Waals surface area contributed by atoms with Crippen molar-refractivity contribution < 1.29 is 14.3 Å². The second kappa shape index (κ2) is 5.34. The van der Waals surface area contributed by atoms with Crippen LogP contribution in [0.1, 0.15) is 49.2 Å². The summed E-state index contributed by atoms with van der Waals surface area (Å²) < 4.78 is 4.72. The van der Waals surface area contributed by atoms with Gasteiger partial charge in [-0.3, -0.25) is 4.79 Å². The van der Waals surface area contributed by atoms with Crippen molar-refractivity contribution in [1.82, 2.24) is 0 Å². The number of esters is 1. The molecule has 0 amide bonds. The van der Waals surface area contributed by atoms with E-state index < -0.39 is 11.8 Å². The number of carbonyl (C=O) groups excluding carboxylic acids is 2. The van der Waals surface area contributed by atoms with Crippen LogP contribution >= 0.6 is 0 Å². The van der Waals surface area contributed by atoms with Gasteiger partial charge < -0.3 is 4.74 Å². The van der Waals surface area contributed by atoms with Gasteiger partial charge >= 0.3 is 5.97 Å². The molecule has 0 spiro atoms. The largest absolute Gasteiger partial charge is 0.460 e. The van der Waals surface area contributed by atoms with Crippen LogP contribution in [0.25, 0.3) is 0 Å². The van der Waals surface area contributed by atoms with Crippen LogP contribution in [-0.4, -0.2) is 18.4 Å². The third kappa shape index (κ3) is 3.19. The molecular formula is C15H20O3. The van der Waals surface area contributed by atoms with Crippen molar-refractivity contribution in [1.29, 1.82) is 0 Å². The Morgan fingerprint density at radius 3 is 2.28 bits per heavy atom. The first kappa shape index (κ1) is 14.4. The van der Waals surface area contributed by atoms with Gasteiger partial charge in [-0.1, -0.05) is 39.0 Å². The van der Waals surface area contributed by atoms with Gasteiger partial charge in [0.2, 0.25) is 0 Å². The highest BCUT2D eigenvalue weighted by atomic mass is 16.5. The van der Waals surface area contributed by atoms with Gasteiger partial charge in [0, 0.05) is 5.56 Å². The molecule has 0 unspecified atom stereocenters. The number of rotatable bonds is 3. The molecule has 0 atom stereocenters. The summed E-state index contributed by atoms with van der Waals surface area (Å²) in [6.07, 6.45) is 0. The van der Waals surface area contributed by atoms with Crippen LogP contribution in [0, 0.1) is 6.92 Å². The lowest BCUT2D eigenvalue weighted by Gasteiger charge is -2.20. The predicted molar refractivity (Wildman–Crippen MR) is 70.8 cm³/mol. The zero-order valence-electron chi connectivity index (χ0n) is 11.7. The van der Waals surface area contributed by atoms with Crippen molar-refractivity contribution in [2.24, 2.45) is 0 Å². The minimum Gasteiger partial charge on any atom is -0.460 e. The zero-order valence-corrected chi connectivity index (χ0v) is 11.7. The molecule has 0 fully saturated rings. The summed E-state index contributed by atoms with van der Waals surface area (Å²) in [6.45, 7) is 10.0. The minimum absolute atomic E-state index is 0.0241. The van der Waals surface area contributed by atoms with E-state index in [0.717, 1.165) is 11.1 Å². The van der Waals surface area contributed by atoms with Crippen LogP contribution in [0.4, 0.5) is 0 Å². The zero-order chi connectivity index (χ0) is 13.9. The van der Waals surface area contributed by atoms with E-state index in [9.17, 15) is 9.59 Å². The van der Waals surface area contributed by atoms with E-state index in [2.05, 4.69) is 20.8 Å². The fourth-order valence-electron chi connectivity index (χ4n) is 1.69. The van der Waals surface area contributed by atoms with Gasteiger partial charge in [-0.25, -0.2) is 4.79 Å². The maximum absolute atomic E-state index is 11.8. The number of Topliss-reactive ketones (excluding diaryl/α,β-unsaturated/α-hetero) is 1. The third-order valence-electron chi connectivity index (χ3n) is 2.80. The van der Waals surface area contributed by atoms with E-state index in [4.69, 9.17) is 4.74 Å². The molecule has 3 nitrogen and oxygen atoms in total. The molecule has 0 saturated carbocycles. The molecule has 98 valence electrons. The number of hydrogen-bond acceptors (Lipinski definition) is 3. The minimum atomic E-state index is -0.788. The molecule has 0 aromatic heterocycles. The monoisotopic (exact) mass is 248 g/mol. The quantitative estimate of drug-likeness (QED) is 0.469. The van der Waals surface area contributed by atoms with Gasteiger partial charge in [-0.05, 0) is 30.4 Å². The molecule has 1 rings (SSSR count). The van der Waals surface area contributed by atoms with E-state index in [-0.39, 0.29) is 12.0 Å². The lowest BCUT2D eigenvalue weighted by atomic mass is 9.85. The first-order valence-electron chi connectivity index (χ1n) is 6.10. The summed E-state index contributed by atoms with van der Waals surface area (Å²) in [5.74, 6) is -1.36. The molecule has 1 aromatic rings. The van der Waals surface area contributed by atoms with Crippen molar-refractivity contribution >= 4 is 11.8 Å². The van der Waals surface area contributed by atoms with Crippen LogP contribution in [0.2, 0.25) is 0 Å². The average Bonchev–Trinajstić information content (AvgIpc) is 2.27. The van der Waals surface area contributed by atoms with E-state index in [1.54, 1.807) is 13.0 Å². The van der Waals surface area contributed by atoms with Gasteiger partial charge in [-0.2, -0.15) is 0 Å². The normalized spacial score (nSPS) is 11.2. The van der Waals surface area contributed by atoms with Gasteiger partial charge in [-0.15, -0.1) is 0 Å². The first-order chi connectivity index (χ1) is 8.27. The van der Waals surface area contributed by atoms with Gasteiger partial charge in [0.1, 0.15) is 0 Å². The molecule has 3 heteroatoms. The van der Waals surface area contributed by atoms with Crippen molar-refractivity contribution in [3.8, 4) is 0 Å². The van der Waals surface area contributed by atoms with Crippen LogP contribution in [0.3, 0.4) is 0 Å². The Labute approximate surface area is 108 Å².